The lowest BCUT2D eigenvalue weighted by Crippen LogP contribution is -2.42. The number of nitrogens with zero attached hydrogens (tertiary/aromatic N) is 6. The molecule has 1 aromatic heterocycles. The van der Waals surface area contributed by atoms with Gasteiger partial charge in [-0.2, -0.15) is 4.80 Å². The Kier molecular flexibility index (Phi) is 11.1. The van der Waals surface area contributed by atoms with Crippen molar-refractivity contribution in [2.75, 3.05) is 18.4 Å². The fraction of sp³-hybridized carbons (Fsp3) is 0.424. The first kappa shape index (κ1) is 29.5. The molecule has 8 heteroatoms. The third kappa shape index (κ3) is 8.77. The fourth-order valence-corrected chi connectivity index (χ4v) is 6.51. The highest BCUT2D eigenvalue weighted by Crippen LogP contribution is 2.22. The van der Waals surface area contributed by atoms with Crippen LogP contribution in [0.2, 0.25) is 0 Å². The molecule has 3 aromatic carbocycles. The molecule has 0 amide bonds. The molecule has 0 bridgehead atoms. The average molecular weight is 620 g/mol. The lowest BCUT2D eigenvalue weighted by Gasteiger charge is -2.35. The van der Waals surface area contributed by atoms with Gasteiger partial charge in [0, 0.05) is 36.1 Å². The predicted molar refractivity (Wildman–Crippen MR) is 166 cm³/mol. The lowest BCUT2D eigenvalue weighted by molar-refractivity contribution is 0.117. The Hall–Kier alpha value is -2.94. The van der Waals surface area contributed by atoms with Gasteiger partial charge in [-0.15, -0.1) is 10.2 Å². The highest BCUT2D eigenvalue weighted by atomic mass is 79.9. The van der Waals surface area contributed by atoms with Gasteiger partial charge in [0.25, 0.3) is 0 Å². The topological polar surface area (TPSA) is 50.1 Å². The first-order valence-corrected chi connectivity index (χ1v) is 16.0. The molecule has 6 nitrogen and oxygen atoms in total. The molecule has 2 aliphatic heterocycles. The summed E-state index contributed by atoms with van der Waals surface area (Å²) in [5, 5.41) is 13.9. The molecule has 216 valence electrons. The van der Waals surface area contributed by atoms with Gasteiger partial charge in [-0.25, -0.2) is 4.39 Å². The molecular weight excluding hydrogens is 579 g/mol. The molecule has 0 saturated carbocycles. The van der Waals surface area contributed by atoms with E-state index < -0.39 is 0 Å². The van der Waals surface area contributed by atoms with Gasteiger partial charge in [-0.1, -0.05) is 89.4 Å². The Morgan fingerprint density at radius 3 is 1.85 bits per heavy atom. The summed E-state index contributed by atoms with van der Waals surface area (Å²) in [5.41, 5.74) is 3.55. The number of aromatic nitrogens is 4. The van der Waals surface area contributed by atoms with Crippen LogP contribution >= 0.6 is 15.9 Å². The van der Waals surface area contributed by atoms with Crippen LogP contribution < -0.4 is 0 Å². The minimum atomic E-state index is -0.264. The Bertz CT molecular complexity index is 1300. The number of likely N-dealkylation sites (tertiary alicyclic amines) is 2. The molecule has 0 spiro atoms. The number of halogens is 2. The van der Waals surface area contributed by atoms with Crippen molar-refractivity contribution < 1.29 is 4.39 Å². The molecule has 0 N–H and O–H groups in total. The first-order valence-electron chi connectivity index (χ1n) is 14.8. The molecule has 0 aliphatic carbocycles. The summed E-state index contributed by atoms with van der Waals surface area (Å²) >= 11 is 3.62. The van der Waals surface area contributed by atoms with Crippen molar-refractivity contribution in [3.8, 4) is 11.4 Å². The van der Waals surface area contributed by atoms with Gasteiger partial charge in [0.2, 0.25) is 5.82 Å². The molecular formula is C33H40BrFN6. The Balaban J connectivity index is 0.000000191. The lowest BCUT2D eigenvalue weighted by atomic mass is 10.0. The number of hydrogen-bond acceptors (Lipinski definition) is 5. The van der Waals surface area contributed by atoms with Crippen LogP contribution in [0.25, 0.3) is 11.4 Å². The number of benzene rings is 3. The van der Waals surface area contributed by atoms with E-state index in [-0.39, 0.29) is 5.82 Å². The number of rotatable bonds is 8. The molecule has 4 aromatic rings. The van der Waals surface area contributed by atoms with E-state index in [4.69, 9.17) is 0 Å². The quantitative estimate of drug-likeness (QED) is 0.200. The standard InChI is InChI=1S/C20H22FN5.C13H18BrN/c21-18-11-9-17(10-12-18)20-22-24-26(23-20)15-19-8-4-5-13-25(19)14-16-6-2-1-3-7-16;14-10-13-8-4-5-9-15(13)11-12-6-2-1-3-7-12/h1-3,6-7,9-12,19H,4-5,8,13-15H2;1-3,6-7,13H,4-5,8-11H2. The highest BCUT2D eigenvalue weighted by molar-refractivity contribution is 9.09. The molecule has 0 radical (unpaired) electrons. The van der Waals surface area contributed by atoms with Crippen LogP contribution in [0.15, 0.2) is 84.9 Å². The first-order chi connectivity index (χ1) is 20.2. The van der Waals surface area contributed by atoms with Crippen LogP contribution in [0.5, 0.6) is 0 Å². The number of hydrogen-bond donors (Lipinski definition) is 0. The van der Waals surface area contributed by atoms with Crippen LogP contribution in [0.3, 0.4) is 0 Å². The Labute approximate surface area is 251 Å². The summed E-state index contributed by atoms with van der Waals surface area (Å²) in [6.07, 6.45) is 7.70. The summed E-state index contributed by atoms with van der Waals surface area (Å²) in [5.74, 6) is 0.273. The van der Waals surface area contributed by atoms with Crippen LogP contribution in [0, 0.1) is 5.82 Å². The number of piperidine rings is 2. The summed E-state index contributed by atoms with van der Waals surface area (Å²) in [4.78, 5) is 6.79. The van der Waals surface area contributed by atoms with Gasteiger partial charge in [0.15, 0.2) is 0 Å². The maximum atomic E-state index is 13.1. The minimum absolute atomic E-state index is 0.264. The number of tetrazole rings is 1. The van der Waals surface area contributed by atoms with E-state index in [0.29, 0.717) is 11.9 Å². The molecule has 2 fully saturated rings. The average Bonchev–Trinajstić information content (AvgIpc) is 3.49. The van der Waals surface area contributed by atoms with Gasteiger partial charge in [0.1, 0.15) is 5.82 Å². The van der Waals surface area contributed by atoms with E-state index >= 15 is 0 Å². The third-order valence-electron chi connectivity index (χ3n) is 8.06. The largest absolute Gasteiger partial charge is 0.295 e. The molecule has 2 atom stereocenters. The number of alkyl halides is 1. The summed E-state index contributed by atoms with van der Waals surface area (Å²) < 4.78 is 13.1. The van der Waals surface area contributed by atoms with Gasteiger partial charge < -0.3 is 0 Å². The SMILES string of the molecule is BrCC1CCCCN1Cc1ccccc1.Fc1ccc(-c2nnn(CC3CCCCN3Cc3ccccc3)n2)cc1. The zero-order valence-electron chi connectivity index (χ0n) is 23.7. The fourth-order valence-electron chi connectivity index (χ4n) is 5.78. The summed E-state index contributed by atoms with van der Waals surface area (Å²) in [6, 6.07) is 28.7. The van der Waals surface area contributed by atoms with E-state index in [1.165, 1.54) is 61.9 Å². The van der Waals surface area contributed by atoms with Crippen molar-refractivity contribution >= 4 is 15.9 Å². The molecule has 2 unspecified atom stereocenters. The molecule has 41 heavy (non-hydrogen) atoms. The monoisotopic (exact) mass is 618 g/mol. The van der Waals surface area contributed by atoms with Crippen molar-refractivity contribution in [3.63, 3.8) is 0 Å². The van der Waals surface area contributed by atoms with Crippen molar-refractivity contribution in [3.05, 3.63) is 102 Å². The van der Waals surface area contributed by atoms with Crippen LogP contribution in [-0.2, 0) is 19.6 Å². The molecule has 2 aliphatic rings. The molecule has 2 saturated heterocycles. The van der Waals surface area contributed by atoms with Crippen molar-refractivity contribution in [2.45, 2.75) is 70.2 Å². The molecule has 6 rings (SSSR count). The summed E-state index contributed by atoms with van der Waals surface area (Å²) in [7, 11) is 0. The van der Waals surface area contributed by atoms with Crippen LogP contribution in [0.4, 0.5) is 4.39 Å². The highest BCUT2D eigenvalue weighted by Gasteiger charge is 2.24. The smallest absolute Gasteiger partial charge is 0.204 e. The van der Waals surface area contributed by atoms with Crippen LogP contribution in [-0.4, -0.2) is 60.5 Å². The van der Waals surface area contributed by atoms with E-state index in [1.807, 2.05) is 6.07 Å². The predicted octanol–water partition coefficient (Wildman–Crippen LogP) is 6.97. The van der Waals surface area contributed by atoms with Gasteiger partial charge in [-0.3, -0.25) is 9.80 Å². The van der Waals surface area contributed by atoms with E-state index in [1.54, 1.807) is 16.9 Å². The van der Waals surface area contributed by atoms with Crippen LogP contribution in [0.1, 0.15) is 49.7 Å². The minimum Gasteiger partial charge on any atom is -0.295 e. The van der Waals surface area contributed by atoms with Crippen molar-refractivity contribution in [1.29, 1.82) is 0 Å². The molecule has 3 heterocycles. The maximum absolute atomic E-state index is 13.1. The van der Waals surface area contributed by atoms with E-state index in [0.717, 1.165) is 49.5 Å². The Morgan fingerprint density at radius 2 is 1.27 bits per heavy atom. The zero-order valence-corrected chi connectivity index (χ0v) is 25.2. The van der Waals surface area contributed by atoms with Gasteiger partial charge >= 0.3 is 0 Å². The second-order valence-electron chi connectivity index (χ2n) is 11.0. The third-order valence-corrected chi connectivity index (χ3v) is 8.81. The summed E-state index contributed by atoms with van der Waals surface area (Å²) in [6.45, 7) is 5.13. The van der Waals surface area contributed by atoms with Crippen molar-refractivity contribution in [2.24, 2.45) is 0 Å². The second-order valence-corrected chi connectivity index (χ2v) is 11.7. The maximum Gasteiger partial charge on any atom is 0.204 e. The van der Waals surface area contributed by atoms with Gasteiger partial charge in [0.05, 0.1) is 6.54 Å². The second kappa shape index (κ2) is 15.3. The normalized spacial score (nSPS) is 19.9. The van der Waals surface area contributed by atoms with E-state index in [9.17, 15) is 4.39 Å². The van der Waals surface area contributed by atoms with Gasteiger partial charge in [-0.05, 0) is 79.4 Å². The van der Waals surface area contributed by atoms with E-state index in [2.05, 4.69) is 95.7 Å². The van der Waals surface area contributed by atoms with Crippen molar-refractivity contribution in [1.82, 2.24) is 30.0 Å². The zero-order chi connectivity index (χ0) is 28.3. The Morgan fingerprint density at radius 1 is 0.707 bits per heavy atom.